The smallest absolute Gasteiger partial charge is 0.472 e. The van der Waals surface area contributed by atoms with Gasteiger partial charge in [0, 0.05) is 12.8 Å². The average molecular weight is 722 g/mol. The summed E-state index contributed by atoms with van der Waals surface area (Å²) in [6.07, 6.45) is 29.1. The molecule has 0 aliphatic heterocycles. The molecule has 0 fully saturated rings. The molecule has 0 aromatic rings. The highest BCUT2D eigenvalue weighted by Crippen LogP contribution is 2.43. The lowest BCUT2D eigenvalue weighted by atomic mass is 10.0. The van der Waals surface area contributed by atoms with Crippen molar-refractivity contribution in [3.63, 3.8) is 0 Å². The number of hydrogen-bond acceptors (Lipinski definition) is 9. The predicted octanol–water partition coefficient (Wildman–Crippen LogP) is 9.56. The van der Waals surface area contributed by atoms with E-state index in [1.165, 1.54) is 109 Å². The van der Waals surface area contributed by atoms with Crippen molar-refractivity contribution < 1.29 is 47.5 Å². The molecule has 0 bridgehead atoms. The quantitative estimate of drug-likeness (QED) is 0.0317. The van der Waals surface area contributed by atoms with Gasteiger partial charge in [-0.15, -0.1) is 0 Å². The first-order valence-electron chi connectivity index (χ1n) is 19.6. The third kappa shape index (κ3) is 33.4. The van der Waals surface area contributed by atoms with Crippen molar-refractivity contribution in [2.45, 2.75) is 199 Å². The summed E-state index contributed by atoms with van der Waals surface area (Å²) in [7, 11) is -4.70. The van der Waals surface area contributed by atoms with Gasteiger partial charge in [0.25, 0.3) is 0 Å². The minimum absolute atomic E-state index is 0.169. The van der Waals surface area contributed by atoms with Gasteiger partial charge in [0.2, 0.25) is 0 Å². The van der Waals surface area contributed by atoms with Crippen molar-refractivity contribution >= 4 is 25.7 Å². The SMILES string of the molecule is CCCCCCCCCCCCCCCCCCCCC(=O)OC(COC(=O)CCCCCCCCC)COP(=O)(O)OCC(N)C(=O)O. The molecule has 0 spiro atoms. The number of unbranched alkanes of at least 4 members (excludes halogenated alkanes) is 23. The molecule has 4 N–H and O–H groups in total. The Hall–Kier alpha value is -1.52. The van der Waals surface area contributed by atoms with E-state index in [0.29, 0.717) is 12.8 Å². The van der Waals surface area contributed by atoms with Crippen LogP contribution in [-0.2, 0) is 37.5 Å². The molecule has 0 rings (SSSR count). The van der Waals surface area contributed by atoms with E-state index in [1.807, 2.05) is 0 Å². The van der Waals surface area contributed by atoms with E-state index in [0.717, 1.165) is 38.5 Å². The summed E-state index contributed by atoms with van der Waals surface area (Å²) in [5.41, 5.74) is 5.31. The summed E-state index contributed by atoms with van der Waals surface area (Å²) in [6.45, 7) is 2.76. The molecule has 290 valence electrons. The number of nitrogens with two attached hydrogens (primary N) is 1. The molecule has 0 aliphatic rings. The molecule has 0 aliphatic carbocycles. The first kappa shape index (κ1) is 47.5. The summed E-state index contributed by atoms with van der Waals surface area (Å²) in [5, 5.41) is 8.84. The number of carboxylic acid groups (broad SMARTS) is 1. The van der Waals surface area contributed by atoms with Crippen LogP contribution in [0.3, 0.4) is 0 Å². The lowest BCUT2D eigenvalue weighted by Gasteiger charge is -2.20. The largest absolute Gasteiger partial charge is 0.480 e. The third-order valence-electron chi connectivity index (χ3n) is 8.61. The van der Waals surface area contributed by atoms with Crippen LogP contribution in [0.4, 0.5) is 0 Å². The normalized spacial score (nSPS) is 13.9. The van der Waals surface area contributed by atoms with Crippen LogP contribution in [0.1, 0.15) is 187 Å². The Labute approximate surface area is 297 Å². The zero-order valence-corrected chi connectivity index (χ0v) is 31.9. The highest BCUT2D eigenvalue weighted by atomic mass is 31.2. The second-order valence-electron chi connectivity index (χ2n) is 13.4. The molecule has 0 saturated heterocycles. The first-order chi connectivity index (χ1) is 23.6. The van der Waals surface area contributed by atoms with Gasteiger partial charge < -0.3 is 25.2 Å². The molecule has 0 heterocycles. The molecule has 0 saturated carbocycles. The van der Waals surface area contributed by atoms with Crippen molar-refractivity contribution in [2.75, 3.05) is 19.8 Å². The van der Waals surface area contributed by atoms with E-state index in [-0.39, 0.29) is 19.4 Å². The average Bonchev–Trinajstić information content (AvgIpc) is 3.07. The number of ether oxygens (including phenoxy) is 2. The first-order valence-corrected chi connectivity index (χ1v) is 21.1. The molecule has 3 unspecified atom stereocenters. The van der Waals surface area contributed by atoms with Gasteiger partial charge >= 0.3 is 25.7 Å². The molecule has 11 nitrogen and oxygen atoms in total. The van der Waals surface area contributed by atoms with Crippen LogP contribution >= 0.6 is 7.82 Å². The number of hydrogen-bond donors (Lipinski definition) is 3. The van der Waals surface area contributed by atoms with Gasteiger partial charge in [-0.3, -0.25) is 23.4 Å². The highest BCUT2D eigenvalue weighted by Gasteiger charge is 2.28. The van der Waals surface area contributed by atoms with E-state index < -0.39 is 51.1 Å². The van der Waals surface area contributed by atoms with Crippen LogP contribution in [0.2, 0.25) is 0 Å². The van der Waals surface area contributed by atoms with Gasteiger partial charge in [-0.1, -0.05) is 162 Å². The molecule has 0 amide bonds. The Kier molecular flexibility index (Phi) is 32.6. The van der Waals surface area contributed by atoms with Crippen molar-refractivity contribution in [1.29, 1.82) is 0 Å². The molecule has 12 heteroatoms. The maximum absolute atomic E-state index is 12.5. The molecule has 3 atom stereocenters. The number of aliphatic carboxylic acids is 1. The lowest BCUT2D eigenvalue weighted by molar-refractivity contribution is -0.161. The van der Waals surface area contributed by atoms with Crippen LogP contribution in [0.25, 0.3) is 0 Å². The Bertz CT molecular complexity index is 859. The molecule has 0 radical (unpaired) electrons. The van der Waals surface area contributed by atoms with Gasteiger partial charge in [-0.2, -0.15) is 0 Å². The Morgan fingerprint density at radius 3 is 1.29 bits per heavy atom. The maximum atomic E-state index is 12.5. The number of phosphoric acid groups is 1. The van der Waals surface area contributed by atoms with Crippen LogP contribution < -0.4 is 5.73 Å². The molecular formula is C37H72NO10P. The van der Waals surface area contributed by atoms with Gasteiger partial charge in [0.05, 0.1) is 13.2 Å². The zero-order valence-electron chi connectivity index (χ0n) is 31.1. The van der Waals surface area contributed by atoms with Crippen molar-refractivity contribution in [2.24, 2.45) is 5.73 Å². The van der Waals surface area contributed by atoms with Gasteiger partial charge in [0.15, 0.2) is 6.10 Å². The van der Waals surface area contributed by atoms with Gasteiger partial charge in [0.1, 0.15) is 12.6 Å². The lowest BCUT2D eigenvalue weighted by Crippen LogP contribution is -2.34. The van der Waals surface area contributed by atoms with Crippen molar-refractivity contribution in [1.82, 2.24) is 0 Å². The van der Waals surface area contributed by atoms with Crippen LogP contribution in [0.5, 0.6) is 0 Å². The molecule has 0 aromatic carbocycles. The van der Waals surface area contributed by atoms with E-state index in [4.69, 9.17) is 24.8 Å². The zero-order chi connectivity index (χ0) is 36.4. The fourth-order valence-corrected chi connectivity index (χ4v) is 6.26. The molecular weight excluding hydrogens is 649 g/mol. The Balaban J connectivity index is 4.27. The summed E-state index contributed by atoms with van der Waals surface area (Å²) in [4.78, 5) is 45.6. The summed E-state index contributed by atoms with van der Waals surface area (Å²) >= 11 is 0. The number of phosphoric ester groups is 1. The predicted molar refractivity (Wildman–Crippen MR) is 194 cm³/mol. The monoisotopic (exact) mass is 721 g/mol. The van der Waals surface area contributed by atoms with E-state index in [1.54, 1.807) is 0 Å². The fourth-order valence-electron chi connectivity index (χ4n) is 5.48. The number of carbonyl (C=O) groups excluding carboxylic acids is 2. The van der Waals surface area contributed by atoms with Crippen molar-refractivity contribution in [3.05, 3.63) is 0 Å². The second kappa shape index (κ2) is 33.6. The minimum atomic E-state index is -4.70. The Morgan fingerprint density at radius 1 is 0.551 bits per heavy atom. The summed E-state index contributed by atoms with van der Waals surface area (Å²) in [5.74, 6) is -2.37. The standard InChI is InChI=1S/C37H72NO10P/c1-3-5-7-9-11-12-13-14-15-16-17-18-19-20-21-23-25-27-29-36(40)48-33(31-46-49(43,44)47-32-34(38)37(41)42)30-45-35(39)28-26-24-22-10-8-6-4-2/h33-34H,3-32,38H2,1-2H3,(H,41,42)(H,43,44). The summed E-state index contributed by atoms with van der Waals surface area (Å²) in [6, 6.07) is -1.51. The fraction of sp³-hybridized carbons (Fsp3) is 0.919. The van der Waals surface area contributed by atoms with E-state index in [2.05, 4.69) is 18.4 Å². The minimum Gasteiger partial charge on any atom is -0.480 e. The highest BCUT2D eigenvalue weighted by molar-refractivity contribution is 7.47. The Morgan fingerprint density at radius 2 is 0.898 bits per heavy atom. The van der Waals surface area contributed by atoms with Crippen LogP contribution in [-0.4, -0.2) is 59.9 Å². The number of carbonyl (C=O) groups is 3. The summed E-state index contributed by atoms with van der Waals surface area (Å²) < 4.78 is 32.5. The maximum Gasteiger partial charge on any atom is 0.472 e. The van der Waals surface area contributed by atoms with E-state index in [9.17, 15) is 23.8 Å². The second-order valence-corrected chi connectivity index (χ2v) is 14.9. The number of carboxylic acids is 1. The number of rotatable bonds is 37. The molecule has 49 heavy (non-hydrogen) atoms. The molecule has 0 aromatic heterocycles. The van der Waals surface area contributed by atoms with Crippen LogP contribution in [0.15, 0.2) is 0 Å². The van der Waals surface area contributed by atoms with E-state index >= 15 is 0 Å². The third-order valence-corrected chi connectivity index (χ3v) is 9.56. The van der Waals surface area contributed by atoms with Gasteiger partial charge in [-0.05, 0) is 12.8 Å². The van der Waals surface area contributed by atoms with Crippen molar-refractivity contribution in [3.8, 4) is 0 Å². The number of esters is 2. The van der Waals surface area contributed by atoms with Gasteiger partial charge in [-0.25, -0.2) is 4.57 Å². The van der Waals surface area contributed by atoms with Crippen LogP contribution in [0, 0.1) is 0 Å². The topological polar surface area (TPSA) is 172 Å².